The van der Waals surface area contributed by atoms with E-state index in [1.54, 1.807) is 19.1 Å². The molecular formula is C20H28N4O4S. The van der Waals surface area contributed by atoms with Crippen LogP contribution < -0.4 is 14.4 Å². The number of anilines is 1. The summed E-state index contributed by atoms with van der Waals surface area (Å²) in [5, 5.41) is 0. The number of ether oxygens (including phenoxy) is 2. The molecule has 158 valence electrons. The van der Waals surface area contributed by atoms with Gasteiger partial charge in [-0.15, -0.1) is 0 Å². The summed E-state index contributed by atoms with van der Waals surface area (Å²) < 4.78 is 38.9. The Kier molecular flexibility index (Phi) is 6.71. The van der Waals surface area contributed by atoms with E-state index >= 15 is 0 Å². The Labute approximate surface area is 172 Å². The van der Waals surface area contributed by atoms with Gasteiger partial charge in [-0.2, -0.15) is 4.98 Å². The maximum Gasteiger partial charge on any atom is 0.240 e. The number of aryl methyl sites for hydroxylation is 4. The van der Waals surface area contributed by atoms with E-state index in [1.165, 1.54) is 0 Å². The van der Waals surface area contributed by atoms with E-state index < -0.39 is 10.0 Å². The number of benzene rings is 1. The molecule has 0 saturated carbocycles. The molecule has 0 unspecified atom stereocenters. The molecule has 1 aromatic heterocycles. The van der Waals surface area contributed by atoms with Gasteiger partial charge in [0.15, 0.2) is 0 Å². The SMILES string of the molecule is Cc1nc(OCCNS(=O)(=O)c2cc(C)c(C)cc2C)cc(N2CCOCC2)n1. The van der Waals surface area contributed by atoms with Gasteiger partial charge < -0.3 is 14.4 Å². The number of hydrogen-bond donors (Lipinski definition) is 1. The van der Waals surface area contributed by atoms with E-state index in [0.29, 0.717) is 29.8 Å². The van der Waals surface area contributed by atoms with Gasteiger partial charge in [0.2, 0.25) is 15.9 Å². The van der Waals surface area contributed by atoms with Crippen LogP contribution >= 0.6 is 0 Å². The topological polar surface area (TPSA) is 93.6 Å². The summed E-state index contributed by atoms with van der Waals surface area (Å²) in [4.78, 5) is 11.2. The highest BCUT2D eigenvalue weighted by atomic mass is 32.2. The highest BCUT2D eigenvalue weighted by Gasteiger charge is 2.18. The van der Waals surface area contributed by atoms with Crippen LogP contribution in [0.2, 0.25) is 0 Å². The lowest BCUT2D eigenvalue weighted by Crippen LogP contribution is -2.37. The third-order valence-corrected chi connectivity index (χ3v) is 6.46. The van der Waals surface area contributed by atoms with Crippen LogP contribution in [0.4, 0.5) is 5.82 Å². The molecule has 0 bridgehead atoms. The minimum atomic E-state index is -3.60. The van der Waals surface area contributed by atoms with Crippen molar-refractivity contribution in [2.24, 2.45) is 0 Å². The summed E-state index contributed by atoms with van der Waals surface area (Å²) in [6.45, 7) is 10.7. The molecule has 1 fully saturated rings. The third-order valence-electron chi connectivity index (χ3n) is 4.86. The van der Waals surface area contributed by atoms with Gasteiger partial charge in [-0.25, -0.2) is 18.1 Å². The minimum absolute atomic E-state index is 0.143. The van der Waals surface area contributed by atoms with Crippen LogP contribution in [0.1, 0.15) is 22.5 Å². The molecule has 9 heteroatoms. The van der Waals surface area contributed by atoms with E-state index in [4.69, 9.17) is 9.47 Å². The largest absolute Gasteiger partial charge is 0.476 e. The average molecular weight is 421 g/mol. The molecule has 29 heavy (non-hydrogen) atoms. The van der Waals surface area contributed by atoms with Crippen molar-refractivity contribution in [2.75, 3.05) is 44.4 Å². The van der Waals surface area contributed by atoms with Gasteiger partial charge >= 0.3 is 0 Å². The van der Waals surface area contributed by atoms with Crippen molar-refractivity contribution in [2.45, 2.75) is 32.6 Å². The molecule has 1 aliphatic rings. The Balaban J connectivity index is 1.60. The van der Waals surface area contributed by atoms with Crippen LogP contribution in [-0.4, -0.2) is 57.8 Å². The lowest BCUT2D eigenvalue weighted by Gasteiger charge is -2.28. The first-order valence-corrected chi connectivity index (χ1v) is 11.1. The van der Waals surface area contributed by atoms with Crippen molar-refractivity contribution >= 4 is 15.8 Å². The van der Waals surface area contributed by atoms with Crippen molar-refractivity contribution < 1.29 is 17.9 Å². The van der Waals surface area contributed by atoms with Crippen molar-refractivity contribution in [3.8, 4) is 5.88 Å². The molecule has 1 aliphatic heterocycles. The molecular weight excluding hydrogens is 392 g/mol. The van der Waals surface area contributed by atoms with Crippen molar-refractivity contribution in [3.05, 3.63) is 40.7 Å². The van der Waals surface area contributed by atoms with Crippen LogP contribution in [0.5, 0.6) is 5.88 Å². The zero-order chi connectivity index (χ0) is 21.0. The van der Waals surface area contributed by atoms with Crippen molar-refractivity contribution in [1.82, 2.24) is 14.7 Å². The number of morpholine rings is 1. The normalized spacial score (nSPS) is 14.8. The van der Waals surface area contributed by atoms with Gasteiger partial charge in [-0.3, -0.25) is 0 Å². The predicted octanol–water partition coefficient (Wildman–Crippen LogP) is 1.90. The first kappa shape index (κ1) is 21.5. The van der Waals surface area contributed by atoms with Crippen molar-refractivity contribution in [3.63, 3.8) is 0 Å². The monoisotopic (exact) mass is 420 g/mol. The minimum Gasteiger partial charge on any atom is -0.476 e. The number of sulfonamides is 1. The van der Waals surface area contributed by atoms with Crippen LogP contribution in [0.15, 0.2) is 23.1 Å². The summed E-state index contributed by atoms with van der Waals surface area (Å²) in [5.41, 5.74) is 2.74. The molecule has 3 rings (SSSR count). The molecule has 0 amide bonds. The van der Waals surface area contributed by atoms with E-state index in [-0.39, 0.29) is 13.2 Å². The summed E-state index contributed by atoms with van der Waals surface area (Å²) in [6.07, 6.45) is 0. The molecule has 0 aliphatic carbocycles. The Morgan fingerprint density at radius 2 is 1.72 bits per heavy atom. The molecule has 0 radical (unpaired) electrons. The fourth-order valence-electron chi connectivity index (χ4n) is 3.19. The van der Waals surface area contributed by atoms with E-state index in [0.717, 1.165) is 35.6 Å². The summed E-state index contributed by atoms with van der Waals surface area (Å²) in [5.74, 6) is 1.83. The van der Waals surface area contributed by atoms with E-state index in [9.17, 15) is 8.42 Å². The van der Waals surface area contributed by atoms with E-state index in [1.807, 2.05) is 26.8 Å². The quantitative estimate of drug-likeness (QED) is 0.684. The smallest absolute Gasteiger partial charge is 0.240 e. The van der Waals surface area contributed by atoms with Crippen LogP contribution in [0.3, 0.4) is 0 Å². The number of aromatic nitrogens is 2. The molecule has 1 aromatic carbocycles. The summed E-state index contributed by atoms with van der Waals surface area (Å²) in [7, 11) is -3.60. The van der Waals surface area contributed by atoms with Gasteiger partial charge in [0.05, 0.1) is 18.1 Å². The van der Waals surface area contributed by atoms with Gasteiger partial charge in [-0.05, 0) is 50.5 Å². The standard InChI is InChI=1S/C20H28N4O4S/c1-14-11-16(3)18(12-15(14)2)29(25,26)21-5-8-28-20-13-19(22-17(4)23-20)24-6-9-27-10-7-24/h11-13,21H,5-10H2,1-4H3. The maximum atomic E-state index is 12.6. The predicted molar refractivity (Wildman–Crippen MR) is 111 cm³/mol. The lowest BCUT2D eigenvalue weighted by atomic mass is 10.1. The molecule has 2 aromatic rings. The Hall–Kier alpha value is -2.23. The Morgan fingerprint density at radius 1 is 1.03 bits per heavy atom. The Morgan fingerprint density at radius 3 is 2.45 bits per heavy atom. The third kappa shape index (κ3) is 5.43. The van der Waals surface area contributed by atoms with Gasteiger partial charge in [-0.1, -0.05) is 6.07 Å². The highest BCUT2D eigenvalue weighted by Crippen LogP contribution is 2.20. The second-order valence-electron chi connectivity index (χ2n) is 7.16. The van der Waals surface area contributed by atoms with Gasteiger partial charge in [0, 0.05) is 25.7 Å². The lowest BCUT2D eigenvalue weighted by molar-refractivity contribution is 0.122. The molecule has 1 saturated heterocycles. The van der Waals surface area contributed by atoms with Gasteiger partial charge in [0.1, 0.15) is 18.2 Å². The summed E-state index contributed by atoms with van der Waals surface area (Å²) in [6, 6.07) is 5.37. The maximum absolute atomic E-state index is 12.6. The number of hydrogen-bond acceptors (Lipinski definition) is 7. The summed E-state index contributed by atoms with van der Waals surface area (Å²) >= 11 is 0. The van der Waals surface area contributed by atoms with Gasteiger partial charge in [0.25, 0.3) is 0 Å². The second-order valence-corrected chi connectivity index (χ2v) is 8.89. The zero-order valence-corrected chi connectivity index (χ0v) is 18.2. The first-order valence-electron chi connectivity index (χ1n) is 9.65. The number of nitrogens with zero attached hydrogens (tertiary/aromatic N) is 3. The van der Waals surface area contributed by atoms with E-state index in [2.05, 4.69) is 19.6 Å². The fourth-order valence-corrected chi connectivity index (χ4v) is 4.51. The van der Waals surface area contributed by atoms with Crippen LogP contribution in [0, 0.1) is 27.7 Å². The van der Waals surface area contributed by atoms with Crippen LogP contribution in [-0.2, 0) is 14.8 Å². The fraction of sp³-hybridized carbons (Fsp3) is 0.500. The Bertz CT molecular complexity index is 973. The number of rotatable bonds is 7. The van der Waals surface area contributed by atoms with Crippen molar-refractivity contribution in [1.29, 1.82) is 0 Å². The second kappa shape index (κ2) is 9.06. The molecule has 0 spiro atoms. The van der Waals surface area contributed by atoms with Crippen LogP contribution in [0.25, 0.3) is 0 Å². The molecule has 0 atom stereocenters. The average Bonchev–Trinajstić information content (AvgIpc) is 2.68. The number of nitrogens with one attached hydrogen (secondary N) is 1. The highest BCUT2D eigenvalue weighted by molar-refractivity contribution is 7.89. The molecule has 2 heterocycles. The first-order chi connectivity index (χ1) is 13.8. The zero-order valence-electron chi connectivity index (χ0n) is 17.4. The molecule has 8 nitrogen and oxygen atoms in total. The molecule has 1 N–H and O–H groups in total.